The first-order valence-corrected chi connectivity index (χ1v) is 6.27. The van der Waals surface area contributed by atoms with E-state index in [4.69, 9.17) is 23.2 Å². The second-order valence-corrected chi connectivity index (χ2v) is 4.49. The van der Waals surface area contributed by atoms with Crippen LogP contribution in [0.4, 0.5) is 0 Å². The Morgan fingerprint density at radius 2 is 1.47 bits per heavy atom. The molecule has 0 bridgehead atoms. The molecular formula is C15H12Cl2O2. The van der Waals surface area contributed by atoms with Gasteiger partial charge in [-0.1, -0.05) is 53.5 Å². The van der Waals surface area contributed by atoms with Crippen LogP contribution >= 0.6 is 23.2 Å². The number of carbonyl (C=O) groups excluding carboxylic acids is 2. The van der Waals surface area contributed by atoms with Crippen molar-refractivity contribution in [3.63, 3.8) is 0 Å². The van der Waals surface area contributed by atoms with Crippen LogP contribution in [0.2, 0.25) is 10.0 Å². The number of benzene rings is 2. The number of ketones is 1. The second kappa shape index (κ2) is 7.72. The van der Waals surface area contributed by atoms with Crippen molar-refractivity contribution in [2.75, 3.05) is 0 Å². The van der Waals surface area contributed by atoms with Gasteiger partial charge in [0, 0.05) is 11.1 Å². The molecule has 2 aromatic rings. The van der Waals surface area contributed by atoms with E-state index < -0.39 is 0 Å². The predicted octanol–water partition coefficient (Wildman–Crippen LogP) is 4.70. The zero-order valence-corrected chi connectivity index (χ0v) is 11.8. The molecule has 0 aliphatic heterocycles. The van der Waals surface area contributed by atoms with Gasteiger partial charge in [0.15, 0.2) is 12.1 Å². The largest absolute Gasteiger partial charge is 0.298 e. The van der Waals surface area contributed by atoms with Crippen molar-refractivity contribution >= 4 is 35.3 Å². The average Bonchev–Trinajstić information content (AvgIpc) is 2.40. The fourth-order valence-electron chi connectivity index (χ4n) is 1.32. The van der Waals surface area contributed by atoms with E-state index >= 15 is 0 Å². The lowest BCUT2D eigenvalue weighted by molar-refractivity contribution is 0.101. The number of rotatable bonds is 2. The summed E-state index contributed by atoms with van der Waals surface area (Å²) in [6, 6.07) is 13.9. The summed E-state index contributed by atoms with van der Waals surface area (Å²) >= 11 is 11.3. The maximum Gasteiger partial charge on any atom is 0.161 e. The summed E-state index contributed by atoms with van der Waals surface area (Å²) in [6.45, 7) is 1.50. The number of carbonyl (C=O) groups is 2. The minimum Gasteiger partial charge on any atom is -0.298 e. The lowest BCUT2D eigenvalue weighted by atomic mass is 10.1. The molecular weight excluding hydrogens is 283 g/mol. The van der Waals surface area contributed by atoms with Gasteiger partial charge in [-0.15, -0.1) is 0 Å². The standard InChI is InChI=1S/C8H7ClO.C7H5ClO/c1-6(10)7-4-2-3-5-8(7)9;8-7-4-2-1-3-6(7)5-9/h2-5H,1H3;1-5H. The normalized spacial score (nSPS) is 9.21. The molecule has 4 heteroatoms. The van der Waals surface area contributed by atoms with E-state index in [1.807, 2.05) is 0 Å². The third kappa shape index (κ3) is 4.86. The second-order valence-electron chi connectivity index (χ2n) is 3.68. The number of Topliss-reactive ketones (excluding diaryl/α,β-unsaturated/α-hetero) is 1. The summed E-state index contributed by atoms with van der Waals surface area (Å²) in [7, 11) is 0. The van der Waals surface area contributed by atoms with Gasteiger partial charge < -0.3 is 0 Å². The molecule has 0 unspecified atom stereocenters. The number of halogens is 2. The van der Waals surface area contributed by atoms with Crippen LogP contribution in [0.1, 0.15) is 27.6 Å². The maximum atomic E-state index is 10.8. The van der Waals surface area contributed by atoms with E-state index in [9.17, 15) is 9.59 Å². The van der Waals surface area contributed by atoms with Crippen LogP contribution in [0.15, 0.2) is 48.5 Å². The van der Waals surface area contributed by atoms with Crippen molar-refractivity contribution in [3.8, 4) is 0 Å². The van der Waals surface area contributed by atoms with Gasteiger partial charge in [-0.2, -0.15) is 0 Å². The molecule has 0 amide bonds. The predicted molar refractivity (Wildman–Crippen MR) is 78.3 cm³/mol. The Hall–Kier alpha value is -1.64. The molecule has 19 heavy (non-hydrogen) atoms. The highest BCUT2D eigenvalue weighted by Gasteiger charge is 2.01. The van der Waals surface area contributed by atoms with Gasteiger partial charge in [0.05, 0.1) is 10.0 Å². The monoisotopic (exact) mass is 294 g/mol. The molecule has 0 saturated carbocycles. The highest BCUT2D eigenvalue weighted by Crippen LogP contribution is 2.14. The molecule has 0 aromatic heterocycles. The van der Waals surface area contributed by atoms with Crippen molar-refractivity contribution < 1.29 is 9.59 Å². The Labute approximate surface area is 122 Å². The third-order valence-corrected chi connectivity index (χ3v) is 2.96. The average molecular weight is 295 g/mol. The molecule has 0 spiro atoms. The van der Waals surface area contributed by atoms with Gasteiger partial charge in [0.2, 0.25) is 0 Å². The van der Waals surface area contributed by atoms with Gasteiger partial charge in [0.25, 0.3) is 0 Å². The Bertz CT molecular complexity index is 580. The van der Waals surface area contributed by atoms with Crippen molar-refractivity contribution in [1.82, 2.24) is 0 Å². The van der Waals surface area contributed by atoms with E-state index in [-0.39, 0.29) is 5.78 Å². The smallest absolute Gasteiger partial charge is 0.161 e. The lowest BCUT2D eigenvalue weighted by Crippen LogP contribution is -1.91. The van der Waals surface area contributed by atoms with Gasteiger partial charge in [-0.25, -0.2) is 0 Å². The molecule has 0 saturated heterocycles. The van der Waals surface area contributed by atoms with Gasteiger partial charge >= 0.3 is 0 Å². The zero-order valence-electron chi connectivity index (χ0n) is 10.3. The summed E-state index contributed by atoms with van der Waals surface area (Å²) in [5, 5.41) is 1.03. The summed E-state index contributed by atoms with van der Waals surface area (Å²) < 4.78 is 0. The minimum atomic E-state index is 0.00519. The topological polar surface area (TPSA) is 34.1 Å². The molecule has 0 aliphatic rings. The van der Waals surface area contributed by atoms with Crippen LogP contribution in [-0.4, -0.2) is 12.1 Å². The molecule has 0 fully saturated rings. The molecule has 2 aromatic carbocycles. The van der Waals surface area contributed by atoms with Gasteiger partial charge in [-0.3, -0.25) is 9.59 Å². The van der Waals surface area contributed by atoms with E-state index in [1.165, 1.54) is 6.92 Å². The van der Waals surface area contributed by atoms with Crippen LogP contribution in [0.25, 0.3) is 0 Å². The van der Waals surface area contributed by atoms with Gasteiger partial charge in [-0.05, 0) is 25.1 Å². The quantitative estimate of drug-likeness (QED) is 0.594. The SMILES string of the molecule is CC(=O)c1ccccc1Cl.O=Cc1ccccc1Cl. The molecule has 2 rings (SSSR count). The van der Waals surface area contributed by atoms with Crippen LogP contribution in [0, 0.1) is 0 Å². The molecule has 0 aliphatic carbocycles. The lowest BCUT2D eigenvalue weighted by Gasteiger charge is -1.95. The summed E-state index contributed by atoms with van der Waals surface area (Å²) in [5.41, 5.74) is 1.13. The highest BCUT2D eigenvalue weighted by atomic mass is 35.5. The van der Waals surface area contributed by atoms with E-state index in [0.29, 0.717) is 21.2 Å². The molecule has 2 nitrogen and oxygen atoms in total. The van der Waals surface area contributed by atoms with Crippen molar-refractivity contribution in [2.24, 2.45) is 0 Å². The molecule has 98 valence electrons. The van der Waals surface area contributed by atoms with Crippen molar-refractivity contribution in [2.45, 2.75) is 6.92 Å². The van der Waals surface area contributed by atoms with E-state index in [2.05, 4.69) is 0 Å². The Balaban J connectivity index is 0.000000191. The first-order chi connectivity index (χ1) is 9.06. The number of aldehydes is 1. The van der Waals surface area contributed by atoms with Crippen LogP contribution in [0.5, 0.6) is 0 Å². The number of hydrogen-bond donors (Lipinski definition) is 0. The highest BCUT2D eigenvalue weighted by molar-refractivity contribution is 6.33. The summed E-state index contributed by atoms with van der Waals surface area (Å²) in [6.07, 6.45) is 0.738. The molecule has 0 heterocycles. The minimum absolute atomic E-state index is 0.00519. The zero-order chi connectivity index (χ0) is 14.3. The Kier molecular flexibility index (Phi) is 6.26. The van der Waals surface area contributed by atoms with Crippen LogP contribution in [-0.2, 0) is 0 Å². The summed E-state index contributed by atoms with van der Waals surface area (Å²) in [5.74, 6) is 0.00519. The van der Waals surface area contributed by atoms with Crippen molar-refractivity contribution in [1.29, 1.82) is 0 Å². The number of hydrogen-bond acceptors (Lipinski definition) is 2. The van der Waals surface area contributed by atoms with Crippen LogP contribution < -0.4 is 0 Å². The van der Waals surface area contributed by atoms with Crippen molar-refractivity contribution in [3.05, 3.63) is 69.7 Å². The first-order valence-electron chi connectivity index (χ1n) is 5.51. The molecule has 0 N–H and O–H groups in total. The molecule has 0 radical (unpaired) electrons. The fourth-order valence-corrected chi connectivity index (χ4v) is 1.77. The van der Waals surface area contributed by atoms with E-state index in [0.717, 1.165) is 6.29 Å². The van der Waals surface area contributed by atoms with E-state index in [1.54, 1.807) is 48.5 Å². The fraction of sp³-hybridized carbons (Fsp3) is 0.0667. The van der Waals surface area contributed by atoms with Crippen LogP contribution in [0.3, 0.4) is 0 Å². The maximum absolute atomic E-state index is 10.8. The Morgan fingerprint density at radius 3 is 1.84 bits per heavy atom. The van der Waals surface area contributed by atoms with Gasteiger partial charge in [0.1, 0.15) is 0 Å². The molecule has 0 atom stereocenters. The first kappa shape index (κ1) is 15.4. The Morgan fingerprint density at radius 1 is 0.947 bits per heavy atom. The third-order valence-electron chi connectivity index (χ3n) is 2.29. The summed E-state index contributed by atoms with van der Waals surface area (Å²) in [4.78, 5) is 20.9.